The summed E-state index contributed by atoms with van der Waals surface area (Å²) in [6.45, 7) is 1.59. The molecular formula is C35H36BrN3O4S. The highest BCUT2D eigenvalue weighted by Crippen LogP contribution is 2.30. The van der Waals surface area contributed by atoms with Gasteiger partial charge in [0.25, 0.3) is 0 Å². The molecule has 9 heteroatoms. The second-order valence-corrected chi connectivity index (χ2v) is 12.7. The summed E-state index contributed by atoms with van der Waals surface area (Å²) in [5, 5.41) is 18.8. The minimum atomic E-state index is -1.26. The average Bonchev–Trinajstić information content (AvgIpc) is 3.05. The average molecular weight is 675 g/mol. The second kappa shape index (κ2) is 15.9. The third-order valence-corrected chi connectivity index (χ3v) is 9.27. The number of halogens is 1. The molecule has 44 heavy (non-hydrogen) atoms. The smallest absolute Gasteiger partial charge is 0.405 e. The van der Waals surface area contributed by atoms with Crippen molar-refractivity contribution >= 4 is 45.4 Å². The number of nitrogens with one attached hydrogen (secondary N) is 3. The molecule has 2 amide bonds. The highest BCUT2D eigenvalue weighted by molar-refractivity contribution is 9.10. The molecule has 0 radical (unpaired) electrons. The first-order valence-electron chi connectivity index (χ1n) is 14.7. The number of ether oxygens (including phenoxy) is 1. The van der Waals surface area contributed by atoms with Crippen LogP contribution in [0.5, 0.6) is 0 Å². The maximum absolute atomic E-state index is 13.9. The van der Waals surface area contributed by atoms with Crippen LogP contribution in [0.15, 0.2) is 119 Å². The summed E-state index contributed by atoms with van der Waals surface area (Å²) in [7, 11) is 0. The number of thioether (sulfide) groups is 1. The van der Waals surface area contributed by atoms with Crippen molar-refractivity contribution in [3.8, 4) is 0 Å². The van der Waals surface area contributed by atoms with Crippen LogP contribution in [-0.2, 0) is 16.0 Å². The second-order valence-electron chi connectivity index (χ2n) is 10.7. The summed E-state index contributed by atoms with van der Waals surface area (Å²) in [6, 6.07) is 34.0. The molecule has 1 heterocycles. The Labute approximate surface area is 270 Å². The molecule has 0 unspecified atom stereocenters. The van der Waals surface area contributed by atoms with E-state index >= 15 is 0 Å². The van der Waals surface area contributed by atoms with Crippen LogP contribution in [0.3, 0.4) is 0 Å². The number of rotatable bonds is 12. The summed E-state index contributed by atoms with van der Waals surface area (Å²) in [5.74, 6) is -0.0764. The normalized spacial score (nSPS) is 17.1. The van der Waals surface area contributed by atoms with Crippen LogP contribution in [0, 0.1) is 0 Å². The molecule has 0 saturated carbocycles. The molecule has 5 rings (SSSR count). The Morgan fingerprint density at radius 1 is 0.864 bits per heavy atom. The predicted octanol–water partition coefficient (Wildman–Crippen LogP) is 6.94. The Balaban J connectivity index is 1.26. The van der Waals surface area contributed by atoms with Crippen molar-refractivity contribution in [3.63, 3.8) is 0 Å². The summed E-state index contributed by atoms with van der Waals surface area (Å²) >= 11 is 5.27. The van der Waals surface area contributed by atoms with Gasteiger partial charge >= 0.3 is 6.09 Å². The number of carbonyl (C=O) groups is 2. The van der Waals surface area contributed by atoms with Gasteiger partial charge in [0.2, 0.25) is 5.91 Å². The van der Waals surface area contributed by atoms with Gasteiger partial charge in [0.1, 0.15) is 6.04 Å². The molecule has 1 fully saturated rings. The number of benzene rings is 4. The fraction of sp³-hybridized carbons (Fsp3) is 0.257. The van der Waals surface area contributed by atoms with Crippen molar-refractivity contribution in [2.24, 2.45) is 0 Å². The van der Waals surface area contributed by atoms with Crippen molar-refractivity contribution in [2.75, 3.05) is 24.2 Å². The fourth-order valence-electron chi connectivity index (χ4n) is 5.48. The molecule has 0 bridgehead atoms. The minimum Gasteiger partial charge on any atom is -0.465 e. The van der Waals surface area contributed by atoms with Crippen molar-refractivity contribution < 1.29 is 19.4 Å². The van der Waals surface area contributed by atoms with Gasteiger partial charge in [0, 0.05) is 39.8 Å². The number of morpholine rings is 1. The molecule has 1 saturated heterocycles. The van der Waals surface area contributed by atoms with Gasteiger partial charge in [-0.05, 0) is 59.9 Å². The lowest BCUT2D eigenvalue weighted by Crippen LogP contribution is -2.47. The molecule has 1 aliphatic rings. The number of para-hydroxylation sites is 1. The zero-order valence-electron chi connectivity index (χ0n) is 24.2. The van der Waals surface area contributed by atoms with Crippen LogP contribution in [0.2, 0.25) is 0 Å². The number of carboxylic acid groups (broad SMARTS) is 1. The van der Waals surface area contributed by atoms with Crippen LogP contribution in [0.1, 0.15) is 29.0 Å². The monoisotopic (exact) mass is 673 g/mol. The highest BCUT2D eigenvalue weighted by Gasteiger charge is 2.33. The Kier molecular flexibility index (Phi) is 11.5. The SMILES string of the molecule is O=C(O)N[C@H](C(=O)Nc1ccccc1CC[C@@H]1CNC[C@@H](CSc2ccc(Br)cc2)O1)C(c1ccccc1)c1ccccc1. The maximum atomic E-state index is 13.9. The van der Waals surface area contributed by atoms with Crippen molar-refractivity contribution in [2.45, 2.75) is 41.9 Å². The Morgan fingerprint density at radius 2 is 1.48 bits per heavy atom. The van der Waals surface area contributed by atoms with Gasteiger partial charge in [0.05, 0.1) is 12.2 Å². The van der Waals surface area contributed by atoms with Crippen LogP contribution in [0.4, 0.5) is 10.5 Å². The number of hydrogen-bond acceptors (Lipinski definition) is 5. The number of carbonyl (C=O) groups excluding carboxylic acids is 1. The van der Waals surface area contributed by atoms with Gasteiger partial charge in [-0.3, -0.25) is 4.79 Å². The minimum absolute atomic E-state index is 0.0463. The first-order chi connectivity index (χ1) is 21.5. The number of amides is 2. The number of hydrogen-bond donors (Lipinski definition) is 4. The summed E-state index contributed by atoms with van der Waals surface area (Å²) in [5.41, 5.74) is 3.33. The largest absolute Gasteiger partial charge is 0.465 e. The zero-order chi connectivity index (χ0) is 30.7. The van der Waals surface area contributed by atoms with Crippen LogP contribution < -0.4 is 16.0 Å². The topological polar surface area (TPSA) is 99.7 Å². The quantitative estimate of drug-likeness (QED) is 0.122. The molecule has 228 valence electrons. The van der Waals surface area contributed by atoms with Gasteiger partial charge < -0.3 is 25.8 Å². The Bertz CT molecular complexity index is 1470. The predicted molar refractivity (Wildman–Crippen MR) is 179 cm³/mol. The van der Waals surface area contributed by atoms with Gasteiger partial charge in [0.15, 0.2) is 0 Å². The van der Waals surface area contributed by atoms with Crippen LogP contribution in [-0.4, -0.2) is 54.2 Å². The molecule has 4 aromatic rings. The number of anilines is 1. The molecule has 0 aliphatic carbocycles. The van der Waals surface area contributed by atoms with Crippen LogP contribution >= 0.6 is 27.7 Å². The van der Waals surface area contributed by atoms with E-state index in [-0.39, 0.29) is 12.2 Å². The first-order valence-corrected chi connectivity index (χ1v) is 16.5. The van der Waals surface area contributed by atoms with E-state index in [4.69, 9.17) is 4.74 Å². The van der Waals surface area contributed by atoms with E-state index in [1.54, 1.807) is 11.8 Å². The van der Waals surface area contributed by atoms with E-state index in [9.17, 15) is 14.7 Å². The van der Waals surface area contributed by atoms with Gasteiger partial charge in [-0.25, -0.2) is 4.79 Å². The maximum Gasteiger partial charge on any atom is 0.405 e. The molecule has 0 spiro atoms. The van der Waals surface area contributed by atoms with E-state index < -0.39 is 24.0 Å². The zero-order valence-corrected chi connectivity index (χ0v) is 26.6. The third-order valence-electron chi connectivity index (χ3n) is 7.60. The van der Waals surface area contributed by atoms with Crippen molar-refractivity contribution in [1.82, 2.24) is 10.6 Å². The molecular weight excluding hydrogens is 638 g/mol. The Morgan fingerprint density at radius 3 is 2.14 bits per heavy atom. The van der Waals surface area contributed by atoms with E-state index in [2.05, 4.69) is 44.0 Å². The molecule has 1 aliphatic heterocycles. The lowest BCUT2D eigenvalue weighted by Gasteiger charge is -2.31. The molecule has 4 aromatic carbocycles. The highest BCUT2D eigenvalue weighted by atomic mass is 79.9. The standard InChI is InChI=1S/C35H36BrN3O4S/c36-27-16-19-30(20-17-27)44-23-29-22-37-21-28(43-29)18-15-24-9-7-8-14-31(24)38-34(40)33(39-35(41)42)32(25-10-3-1-4-11-25)26-12-5-2-6-13-26/h1-14,16-17,19-20,28-29,32-33,37,39H,15,18,21-23H2,(H,38,40)(H,41,42)/t28-,29+,33+/m1/s1. The van der Waals surface area contributed by atoms with Gasteiger partial charge in [-0.15, -0.1) is 11.8 Å². The summed E-state index contributed by atoms with van der Waals surface area (Å²) < 4.78 is 7.50. The van der Waals surface area contributed by atoms with Crippen molar-refractivity contribution in [1.29, 1.82) is 0 Å². The lowest BCUT2D eigenvalue weighted by molar-refractivity contribution is -0.118. The molecule has 4 N–H and O–H groups in total. The van der Waals surface area contributed by atoms with Gasteiger partial charge in [-0.2, -0.15) is 0 Å². The first kappa shape index (κ1) is 31.8. The molecule has 3 atom stereocenters. The van der Waals surface area contributed by atoms with Crippen LogP contribution in [0.25, 0.3) is 0 Å². The number of aryl methyl sites for hydroxylation is 1. The fourth-order valence-corrected chi connectivity index (χ4v) is 6.65. The summed E-state index contributed by atoms with van der Waals surface area (Å²) in [4.78, 5) is 27.0. The van der Waals surface area contributed by atoms with E-state index in [0.717, 1.165) is 46.4 Å². The summed E-state index contributed by atoms with van der Waals surface area (Å²) in [6.07, 6.45) is 0.378. The van der Waals surface area contributed by atoms with Crippen molar-refractivity contribution in [3.05, 3.63) is 130 Å². The van der Waals surface area contributed by atoms with E-state index in [1.807, 2.05) is 97.1 Å². The van der Waals surface area contributed by atoms with Gasteiger partial charge in [-0.1, -0.05) is 94.8 Å². The van der Waals surface area contributed by atoms with E-state index in [0.29, 0.717) is 12.1 Å². The molecule has 0 aromatic heterocycles. The Hall–Kier alpha value is -3.63. The lowest BCUT2D eigenvalue weighted by atomic mass is 9.84. The molecule has 7 nitrogen and oxygen atoms in total. The third kappa shape index (κ3) is 8.95. The van der Waals surface area contributed by atoms with E-state index in [1.165, 1.54) is 4.90 Å².